The number of hydrogen-bond acceptors (Lipinski definition) is 4. The second-order valence-electron chi connectivity index (χ2n) is 3.23. The topological polar surface area (TPSA) is 44.5 Å². The van der Waals surface area contributed by atoms with E-state index < -0.39 is 0 Å². The number of rotatable bonds is 3. The van der Waals surface area contributed by atoms with E-state index in [0.29, 0.717) is 15.8 Å². The van der Waals surface area contributed by atoms with Gasteiger partial charge < -0.3 is 15.2 Å². The fourth-order valence-corrected chi connectivity index (χ4v) is 2.48. The van der Waals surface area contributed by atoms with Gasteiger partial charge in [0, 0.05) is 0 Å². The van der Waals surface area contributed by atoms with Gasteiger partial charge in [-0.3, -0.25) is 0 Å². The molecule has 84 valence electrons. The molecule has 0 aliphatic carbocycles. The number of methoxy groups -OCH3 is 2. The Labute approximate surface area is 98.4 Å². The van der Waals surface area contributed by atoms with Crippen LogP contribution in [-0.2, 0) is 0 Å². The molecular weight excluding hydrogens is 222 g/mol. The SMILES string of the molecule is COc1sc(N)c(-c2ccccc2)c1OC. The molecule has 1 heterocycles. The highest BCUT2D eigenvalue weighted by Crippen LogP contribution is 2.49. The van der Waals surface area contributed by atoms with E-state index in [-0.39, 0.29) is 0 Å². The zero-order valence-corrected chi connectivity index (χ0v) is 10.0. The summed E-state index contributed by atoms with van der Waals surface area (Å²) in [6.07, 6.45) is 0. The Morgan fingerprint density at radius 3 is 2.31 bits per heavy atom. The smallest absolute Gasteiger partial charge is 0.219 e. The van der Waals surface area contributed by atoms with Crippen LogP contribution < -0.4 is 15.2 Å². The number of nitrogen functional groups attached to an aromatic ring is 1. The lowest BCUT2D eigenvalue weighted by molar-refractivity contribution is 0.365. The molecule has 0 atom stereocenters. The Morgan fingerprint density at radius 1 is 1.06 bits per heavy atom. The van der Waals surface area contributed by atoms with Crippen molar-refractivity contribution in [2.75, 3.05) is 20.0 Å². The monoisotopic (exact) mass is 235 g/mol. The molecule has 4 heteroatoms. The number of thiophene rings is 1. The molecule has 0 radical (unpaired) electrons. The van der Waals surface area contributed by atoms with Gasteiger partial charge in [-0.15, -0.1) is 0 Å². The molecule has 0 saturated carbocycles. The number of hydrogen-bond donors (Lipinski definition) is 1. The van der Waals surface area contributed by atoms with E-state index in [1.54, 1.807) is 14.2 Å². The number of benzene rings is 1. The first-order valence-electron chi connectivity index (χ1n) is 4.83. The van der Waals surface area contributed by atoms with Crippen molar-refractivity contribution in [3.63, 3.8) is 0 Å². The lowest BCUT2D eigenvalue weighted by Crippen LogP contribution is -1.89. The average Bonchev–Trinajstić information content (AvgIpc) is 2.66. The zero-order chi connectivity index (χ0) is 11.5. The first-order valence-corrected chi connectivity index (χ1v) is 5.65. The Morgan fingerprint density at radius 2 is 1.75 bits per heavy atom. The van der Waals surface area contributed by atoms with Crippen LogP contribution in [0.5, 0.6) is 10.8 Å². The first kappa shape index (κ1) is 10.8. The Balaban J connectivity index is 2.60. The van der Waals surface area contributed by atoms with E-state index in [1.807, 2.05) is 30.3 Å². The number of ether oxygens (including phenoxy) is 2. The van der Waals surface area contributed by atoms with E-state index in [1.165, 1.54) is 11.3 Å². The molecule has 16 heavy (non-hydrogen) atoms. The normalized spacial score (nSPS) is 10.1. The van der Waals surface area contributed by atoms with Crippen LogP contribution in [0.25, 0.3) is 11.1 Å². The van der Waals surface area contributed by atoms with Crippen molar-refractivity contribution in [1.82, 2.24) is 0 Å². The third kappa shape index (κ3) is 1.72. The molecule has 1 aromatic carbocycles. The maximum absolute atomic E-state index is 5.98. The molecule has 0 saturated heterocycles. The maximum Gasteiger partial charge on any atom is 0.219 e. The molecule has 0 fully saturated rings. The molecule has 2 rings (SSSR count). The van der Waals surface area contributed by atoms with Crippen LogP contribution in [0, 0.1) is 0 Å². The van der Waals surface area contributed by atoms with Crippen molar-refractivity contribution in [2.45, 2.75) is 0 Å². The zero-order valence-electron chi connectivity index (χ0n) is 9.19. The molecule has 2 aromatic rings. The van der Waals surface area contributed by atoms with Gasteiger partial charge in [0.1, 0.15) is 5.00 Å². The minimum Gasteiger partial charge on any atom is -0.491 e. The summed E-state index contributed by atoms with van der Waals surface area (Å²) >= 11 is 1.39. The van der Waals surface area contributed by atoms with Gasteiger partial charge in [0.2, 0.25) is 5.06 Å². The summed E-state index contributed by atoms with van der Waals surface area (Å²) in [5, 5.41) is 1.42. The summed E-state index contributed by atoms with van der Waals surface area (Å²) in [5.41, 5.74) is 7.93. The maximum atomic E-state index is 5.98. The Hall–Kier alpha value is -1.68. The van der Waals surface area contributed by atoms with Crippen molar-refractivity contribution in [3.8, 4) is 21.9 Å². The summed E-state index contributed by atoms with van der Waals surface area (Å²) in [4.78, 5) is 0. The third-order valence-corrected chi connectivity index (χ3v) is 3.27. The molecule has 0 amide bonds. The van der Waals surface area contributed by atoms with Crippen LogP contribution in [0.15, 0.2) is 30.3 Å². The third-order valence-electron chi connectivity index (χ3n) is 2.31. The minimum atomic E-state index is 0.705. The highest BCUT2D eigenvalue weighted by Gasteiger charge is 2.19. The van der Waals surface area contributed by atoms with Gasteiger partial charge in [0.25, 0.3) is 0 Å². The fraction of sp³-hybridized carbons (Fsp3) is 0.167. The van der Waals surface area contributed by atoms with Gasteiger partial charge in [0.05, 0.1) is 19.8 Å². The van der Waals surface area contributed by atoms with Crippen molar-refractivity contribution in [3.05, 3.63) is 30.3 Å². The van der Waals surface area contributed by atoms with E-state index in [0.717, 1.165) is 11.1 Å². The van der Waals surface area contributed by atoms with Crippen LogP contribution in [0.2, 0.25) is 0 Å². The van der Waals surface area contributed by atoms with Crippen LogP contribution >= 0.6 is 11.3 Å². The highest BCUT2D eigenvalue weighted by molar-refractivity contribution is 7.18. The summed E-state index contributed by atoms with van der Waals surface area (Å²) in [6.45, 7) is 0. The first-order chi connectivity index (χ1) is 7.77. The second-order valence-corrected chi connectivity index (χ2v) is 4.25. The molecule has 0 spiro atoms. The minimum absolute atomic E-state index is 0.705. The summed E-state index contributed by atoms with van der Waals surface area (Å²) in [7, 11) is 3.24. The van der Waals surface area contributed by atoms with E-state index in [2.05, 4.69) is 0 Å². The molecular formula is C12H13NO2S. The summed E-state index contributed by atoms with van der Waals surface area (Å²) in [5.74, 6) is 0.705. The van der Waals surface area contributed by atoms with Gasteiger partial charge in [-0.25, -0.2) is 0 Å². The van der Waals surface area contributed by atoms with Gasteiger partial charge in [-0.05, 0) is 5.56 Å². The second kappa shape index (κ2) is 4.45. The lowest BCUT2D eigenvalue weighted by atomic mass is 10.1. The van der Waals surface area contributed by atoms with Gasteiger partial charge in [0.15, 0.2) is 5.75 Å². The van der Waals surface area contributed by atoms with E-state index in [9.17, 15) is 0 Å². The standard InChI is InChI=1S/C12H13NO2S/c1-14-10-9(8-6-4-3-5-7-8)11(13)16-12(10)15-2/h3-7H,13H2,1-2H3. The van der Waals surface area contributed by atoms with E-state index in [4.69, 9.17) is 15.2 Å². The van der Waals surface area contributed by atoms with Gasteiger partial charge in [-0.1, -0.05) is 41.7 Å². The van der Waals surface area contributed by atoms with Crippen LogP contribution in [0.1, 0.15) is 0 Å². The largest absolute Gasteiger partial charge is 0.491 e. The van der Waals surface area contributed by atoms with Gasteiger partial charge >= 0.3 is 0 Å². The lowest BCUT2D eigenvalue weighted by Gasteiger charge is -2.05. The average molecular weight is 235 g/mol. The van der Waals surface area contributed by atoms with Crippen LogP contribution in [0.3, 0.4) is 0 Å². The summed E-state index contributed by atoms with van der Waals surface area (Å²) < 4.78 is 10.6. The molecule has 0 aliphatic heterocycles. The molecule has 0 aliphatic rings. The fourth-order valence-electron chi connectivity index (χ4n) is 1.61. The van der Waals surface area contributed by atoms with Crippen LogP contribution in [-0.4, -0.2) is 14.2 Å². The molecule has 0 unspecified atom stereocenters. The number of anilines is 1. The molecule has 2 N–H and O–H groups in total. The Bertz CT molecular complexity index is 479. The predicted molar refractivity (Wildman–Crippen MR) is 67.3 cm³/mol. The van der Waals surface area contributed by atoms with Crippen molar-refractivity contribution >= 4 is 16.3 Å². The van der Waals surface area contributed by atoms with Crippen molar-refractivity contribution in [1.29, 1.82) is 0 Å². The quantitative estimate of drug-likeness (QED) is 0.889. The predicted octanol–water partition coefficient (Wildman–Crippen LogP) is 3.01. The van der Waals surface area contributed by atoms with Crippen LogP contribution in [0.4, 0.5) is 5.00 Å². The van der Waals surface area contributed by atoms with E-state index >= 15 is 0 Å². The van der Waals surface area contributed by atoms with Crippen molar-refractivity contribution < 1.29 is 9.47 Å². The molecule has 0 bridgehead atoms. The highest BCUT2D eigenvalue weighted by atomic mass is 32.1. The molecule has 1 aromatic heterocycles. The van der Waals surface area contributed by atoms with Gasteiger partial charge in [-0.2, -0.15) is 0 Å². The van der Waals surface area contributed by atoms with Crippen molar-refractivity contribution in [2.24, 2.45) is 0 Å². The number of nitrogens with two attached hydrogens (primary N) is 1. The summed E-state index contributed by atoms with van der Waals surface area (Å²) in [6, 6.07) is 9.91. The molecule has 3 nitrogen and oxygen atoms in total. The Kier molecular flexibility index (Phi) is 3.01.